The predicted octanol–water partition coefficient (Wildman–Crippen LogP) is 2.51. The van der Waals surface area contributed by atoms with Crippen molar-refractivity contribution in [2.75, 3.05) is 25.0 Å². The van der Waals surface area contributed by atoms with Crippen LogP contribution in [-0.4, -0.2) is 48.6 Å². The van der Waals surface area contributed by atoms with Crippen molar-refractivity contribution in [3.63, 3.8) is 0 Å². The maximum atomic E-state index is 13.1. The molecule has 0 bridgehead atoms. The predicted molar refractivity (Wildman–Crippen MR) is 97.9 cm³/mol. The van der Waals surface area contributed by atoms with E-state index in [0.29, 0.717) is 31.5 Å². The van der Waals surface area contributed by atoms with Gasteiger partial charge in [-0.25, -0.2) is 4.39 Å². The Morgan fingerprint density at radius 3 is 2.77 bits per heavy atom. The van der Waals surface area contributed by atoms with E-state index in [9.17, 15) is 14.0 Å². The summed E-state index contributed by atoms with van der Waals surface area (Å²) in [5.41, 5.74) is 2.44. The minimum atomic E-state index is -0.844. The lowest BCUT2D eigenvalue weighted by Gasteiger charge is -2.48. The summed E-state index contributed by atoms with van der Waals surface area (Å²) in [6.45, 7) is 3.85. The molecule has 6 heteroatoms. The lowest BCUT2D eigenvalue weighted by Crippen LogP contribution is -2.64. The van der Waals surface area contributed by atoms with E-state index in [0.717, 1.165) is 31.5 Å². The van der Waals surface area contributed by atoms with Gasteiger partial charge in [0.05, 0.1) is 11.5 Å². The molecule has 2 heterocycles. The average molecular weight is 359 g/mol. The van der Waals surface area contributed by atoms with Crippen molar-refractivity contribution in [1.82, 2.24) is 10.2 Å². The third kappa shape index (κ3) is 3.17. The minimum absolute atomic E-state index is 0.0202. The molecule has 0 radical (unpaired) electrons. The van der Waals surface area contributed by atoms with Crippen LogP contribution in [0.1, 0.15) is 48.5 Å². The molecule has 1 saturated heterocycles. The van der Waals surface area contributed by atoms with Crippen molar-refractivity contribution in [3.8, 4) is 0 Å². The summed E-state index contributed by atoms with van der Waals surface area (Å²) in [5, 5.41) is 6.41. The first kappa shape index (κ1) is 17.3. The van der Waals surface area contributed by atoms with Crippen LogP contribution in [0.5, 0.6) is 0 Å². The maximum absolute atomic E-state index is 13.1. The Bertz CT molecular complexity index is 724. The van der Waals surface area contributed by atoms with E-state index >= 15 is 0 Å². The smallest absolute Gasteiger partial charge is 0.251 e. The number of nitrogens with one attached hydrogen (secondary N) is 2. The van der Waals surface area contributed by atoms with Gasteiger partial charge in [0.25, 0.3) is 5.91 Å². The second-order valence-electron chi connectivity index (χ2n) is 8.20. The van der Waals surface area contributed by atoms with Crippen LogP contribution < -0.4 is 10.6 Å². The van der Waals surface area contributed by atoms with Crippen molar-refractivity contribution < 1.29 is 14.0 Å². The molecular weight excluding hydrogens is 333 g/mol. The monoisotopic (exact) mass is 359 g/mol. The number of likely N-dealkylation sites (tertiary alicyclic amines) is 1. The van der Waals surface area contributed by atoms with Crippen molar-refractivity contribution in [2.24, 2.45) is 5.41 Å². The van der Waals surface area contributed by atoms with E-state index in [-0.39, 0.29) is 17.9 Å². The van der Waals surface area contributed by atoms with Crippen LogP contribution in [0.3, 0.4) is 0 Å². The Balaban J connectivity index is 1.31. The quantitative estimate of drug-likeness (QED) is 0.872. The van der Waals surface area contributed by atoms with Crippen LogP contribution in [0.25, 0.3) is 0 Å². The summed E-state index contributed by atoms with van der Waals surface area (Å²) in [6.07, 6.45) is 3.06. The van der Waals surface area contributed by atoms with Crippen molar-refractivity contribution in [1.29, 1.82) is 0 Å². The Morgan fingerprint density at radius 2 is 2.04 bits per heavy atom. The van der Waals surface area contributed by atoms with Crippen molar-refractivity contribution in [2.45, 2.75) is 51.2 Å². The minimum Gasteiger partial charge on any atom is -0.385 e. The molecule has 0 aromatic heterocycles. The van der Waals surface area contributed by atoms with E-state index in [2.05, 4.69) is 10.6 Å². The molecule has 1 aliphatic carbocycles. The number of carbonyl (C=O) groups excluding carboxylic acids is 2. The summed E-state index contributed by atoms with van der Waals surface area (Å²) in [5.74, 6) is -0.0687. The largest absolute Gasteiger partial charge is 0.385 e. The lowest BCUT2D eigenvalue weighted by atomic mass is 9.67. The molecular formula is C20H26FN3O2. The fourth-order valence-corrected chi connectivity index (χ4v) is 4.26. The summed E-state index contributed by atoms with van der Waals surface area (Å²) in [7, 11) is 0. The highest BCUT2D eigenvalue weighted by Gasteiger charge is 2.50. The van der Waals surface area contributed by atoms with Gasteiger partial charge in [0.2, 0.25) is 5.91 Å². The molecule has 26 heavy (non-hydrogen) atoms. The highest BCUT2D eigenvalue weighted by Crippen LogP contribution is 2.44. The molecule has 3 aliphatic rings. The first-order valence-electron chi connectivity index (χ1n) is 9.56. The van der Waals surface area contributed by atoms with E-state index in [1.807, 2.05) is 25.1 Å². The molecule has 2 aliphatic heterocycles. The Morgan fingerprint density at radius 1 is 1.27 bits per heavy atom. The molecule has 0 spiro atoms. The summed E-state index contributed by atoms with van der Waals surface area (Å²) < 4.78 is 13.1. The number of carbonyl (C=O) groups is 2. The molecule has 4 rings (SSSR count). The number of aryl methyl sites for hydroxylation is 1. The number of benzene rings is 1. The first-order valence-corrected chi connectivity index (χ1v) is 9.56. The molecule has 140 valence electrons. The van der Waals surface area contributed by atoms with E-state index < -0.39 is 11.6 Å². The molecule has 1 aromatic rings. The Hall–Kier alpha value is -2.11. The number of nitrogens with zero attached hydrogens (tertiary/aromatic N) is 1. The van der Waals surface area contributed by atoms with Crippen LogP contribution in [0.2, 0.25) is 0 Å². The zero-order chi connectivity index (χ0) is 18.3. The summed E-state index contributed by atoms with van der Waals surface area (Å²) >= 11 is 0. The number of rotatable bonds is 3. The Labute approximate surface area is 153 Å². The highest BCUT2D eigenvalue weighted by molar-refractivity contribution is 5.95. The van der Waals surface area contributed by atoms with Gasteiger partial charge in [-0.2, -0.15) is 0 Å². The zero-order valence-corrected chi connectivity index (χ0v) is 15.2. The maximum Gasteiger partial charge on any atom is 0.251 e. The van der Waals surface area contributed by atoms with Crippen LogP contribution in [0.15, 0.2) is 18.2 Å². The molecule has 0 unspecified atom stereocenters. The van der Waals surface area contributed by atoms with E-state index in [4.69, 9.17) is 0 Å². The lowest BCUT2D eigenvalue weighted by molar-refractivity contribution is -0.155. The van der Waals surface area contributed by atoms with E-state index in [1.165, 1.54) is 5.56 Å². The number of halogens is 1. The van der Waals surface area contributed by atoms with Gasteiger partial charge >= 0.3 is 0 Å². The fraction of sp³-hybridized carbons (Fsp3) is 0.600. The van der Waals surface area contributed by atoms with Crippen LogP contribution in [0.4, 0.5) is 10.1 Å². The zero-order valence-electron chi connectivity index (χ0n) is 15.2. The van der Waals surface area contributed by atoms with Gasteiger partial charge in [0.15, 0.2) is 0 Å². The third-order valence-corrected chi connectivity index (χ3v) is 5.92. The topological polar surface area (TPSA) is 61.4 Å². The molecule has 1 saturated carbocycles. The summed E-state index contributed by atoms with van der Waals surface area (Å²) in [6, 6.07) is 5.79. The highest BCUT2D eigenvalue weighted by atomic mass is 19.1. The fourth-order valence-electron chi connectivity index (χ4n) is 4.26. The standard InChI is InChI=1S/C20H26FN3O2/c1-20(9-15(21)10-20)19(26)24-11-16(12-24)23-18(25)14-5-6-17-13(8-14)4-2-3-7-22-17/h5-6,8,15-16,22H,2-4,7,9-12H2,1H3,(H,23,25). The second kappa shape index (κ2) is 6.56. The van der Waals surface area contributed by atoms with Gasteiger partial charge in [0, 0.05) is 30.9 Å². The Kier molecular flexibility index (Phi) is 4.37. The summed E-state index contributed by atoms with van der Waals surface area (Å²) in [4.78, 5) is 26.7. The van der Waals surface area contributed by atoms with Crippen LogP contribution in [0, 0.1) is 5.41 Å². The number of hydrogen-bond acceptors (Lipinski definition) is 3. The number of alkyl halides is 1. The SMILES string of the molecule is CC1(C(=O)N2CC(NC(=O)c3ccc4c(c3)CCCCN4)C2)CC(F)C1. The van der Waals surface area contributed by atoms with Gasteiger partial charge in [-0.15, -0.1) is 0 Å². The number of hydrogen-bond donors (Lipinski definition) is 2. The van der Waals surface area contributed by atoms with Crippen molar-refractivity contribution in [3.05, 3.63) is 29.3 Å². The van der Waals surface area contributed by atoms with E-state index in [1.54, 1.807) is 4.90 Å². The van der Waals surface area contributed by atoms with Gasteiger partial charge in [-0.05, 0) is 55.9 Å². The van der Waals surface area contributed by atoms with Crippen molar-refractivity contribution >= 4 is 17.5 Å². The molecule has 2 N–H and O–H groups in total. The molecule has 5 nitrogen and oxygen atoms in total. The second-order valence-corrected chi connectivity index (χ2v) is 8.20. The number of amides is 2. The molecule has 2 amide bonds. The van der Waals surface area contributed by atoms with Gasteiger partial charge < -0.3 is 15.5 Å². The van der Waals surface area contributed by atoms with Gasteiger partial charge in [-0.3, -0.25) is 9.59 Å². The molecule has 0 atom stereocenters. The van der Waals surface area contributed by atoms with Gasteiger partial charge in [-0.1, -0.05) is 6.92 Å². The molecule has 1 aromatic carbocycles. The average Bonchev–Trinajstić information content (AvgIpc) is 2.80. The number of anilines is 1. The third-order valence-electron chi connectivity index (χ3n) is 5.92. The normalized spacial score (nSPS) is 28.1. The number of fused-ring (bicyclic) bond motifs is 1. The first-order chi connectivity index (χ1) is 12.4. The van der Waals surface area contributed by atoms with Gasteiger partial charge in [0.1, 0.15) is 6.17 Å². The van der Waals surface area contributed by atoms with Crippen LogP contribution >= 0.6 is 0 Å². The molecule has 2 fully saturated rings. The van der Waals surface area contributed by atoms with Crippen LogP contribution in [-0.2, 0) is 11.2 Å².